The highest BCUT2D eigenvalue weighted by molar-refractivity contribution is 8.00. The number of methoxy groups -OCH3 is 1. The average molecular weight is 305 g/mol. The minimum absolute atomic E-state index is 0. The number of amides is 1. The van der Waals surface area contributed by atoms with Gasteiger partial charge in [-0.25, -0.2) is 0 Å². The fraction of sp³-hybridized carbons (Fsp3) is 0.462. The van der Waals surface area contributed by atoms with E-state index < -0.39 is 0 Å². The van der Waals surface area contributed by atoms with E-state index in [1.165, 1.54) is 11.8 Å². The van der Waals surface area contributed by atoms with Crippen molar-refractivity contribution in [3.05, 3.63) is 24.3 Å². The number of rotatable bonds is 7. The van der Waals surface area contributed by atoms with E-state index in [2.05, 4.69) is 5.32 Å². The highest BCUT2D eigenvalue weighted by Gasteiger charge is 2.05. The smallest absolute Gasteiger partial charge is 0.230 e. The van der Waals surface area contributed by atoms with Gasteiger partial charge < -0.3 is 15.8 Å². The van der Waals surface area contributed by atoms with Gasteiger partial charge in [-0.2, -0.15) is 0 Å². The van der Waals surface area contributed by atoms with Crippen LogP contribution in [0.25, 0.3) is 0 Å². The zero-order valence-electron chi connectivity index (χ0n) is 11.2. The van der Waals surface area contributed by atoms with Gasteiger partial charge in [0.2, 0.25) is 5.91 Å². The van der Waals surface area contributed by atoms with E-state index in [4.69, 9.17) is 10.5 Å². The maximum Gasteiger partial charge on any atom is 0.230 e. The van der Waals surface area contributed by atoms with E-state index in [-0.39, 0.29) is 18.3 Å². The van der Waals surface area contributed by atoms with Crippen molar-refractivity contribution in [2.75, 3.05) is 26.0 Å². The molecular formula is C13H21ClN2O2S. The standard InChI is InChI=1S/C13H20N2O2S.ClH/c1-10(7-14)8-15-13(16)9-18-12-5-3-4-11(6-12)17-2;/h3-6,10H,7-9,14H2,1-2H3,(H,15,16);1H. The quantitative estimate of drug-likeness (QED) is 0.756. The molecule has 0 heterocycles. The first kappa shape index (κ1) is 18.1. The molecule has 1 aromatic rings. The van der Waals surface area contributed by atoms with E-state index in [0.717, 1.165) is 10.6 Å². The Balaban J connectivity index is 0.00000324. The molecule has 1 atom stereocenters. The molecule has 19 heavy (non-hydrogen) atoms. The zero-order chi connectivity index (χ0) is 13.4. The number of nitrogens with two attached hydrogens (primary N) is 1. The number of thioether (sulfide) groups is 1. The Labute approximate surface area is 124 Å². The predicted molar refractivity (Wildman–Crippen MR) is 82.2 cm³/mol. The van der Waals surface area contributed by atoms with Crippen LogP contribution >= 0.6 is 24.2 Å². The van der Waals surface area contributed by atoms with E-state index in [1.807, 2.05) is 31.2 Å². The SMILES string of the molecule is COc1cccc(SCC(=O)NCC(C)CN)c1.Cl. The Morgan fingerprint density at radius 2 is 2.26 bits per heavy atom. The highest BCUT2D eigenvalue weighted by atomic mass is 35.5. The van der Waals surface area contributed by atoms with Gasteiger partial charge in [-0.3, -0.25) is 4.79 Å². The molecule has 1 rings (SSSR count). The first-order valence-electron chi connectivity index (χ1n) is 5.89. The fourth-order valence-corrected chi connectivity index (χ4v) is 2.04. The average Bonchev–Trinajstić information content (AvgIpc) is 2.42. The van der Waals surface area contributed by atoms with Crippen molar-refractivity contribution in [1.29, 1.82) is 0 Å². The molecule has 0 bridgehead atoms. The number of carbonyl (C=O) groups excluding carboxylic acids is 1. The topological polar surface area (TPSA) is 64.3 Å². The van der Waals surface area contributed by atoms with Crippen molar-refractivity contribution < 1.29 is 9.53 Å². The van der Waals surface area contributed by atoms with Crippen molar-refractivity contribution in [2.24, 2.45) is 11.7 Å². The first-order valence-corrected chi connectivity index (χ1v) is 6.88. The van der Waals surface area contributed by atoms with Gasteiger partial charge in [0, 0.05) is 11.4 Å². The Bertz CT molecular complexity index is 391. The molecule has 108 valence electrons. The Morgan fingerprint density at radius 3 is 2.89 bits per heavy atom. The van der Waals surface area contributed by atoms with Crippen LogP contribution in [0.5, 0.6) is 5.75 Å². The van der Waals surface area contributed by atoms with Gasteiger partial charge in [0.15, 0.2) is 0 Å². The number of hydrogen-bond acceptors (Lipinski definition) is 4. The van der Waals surface area contributed by atoms with E-state index in [1.54, 1.807) is 7.11 Å². The summed E-state index contributed by atoms with van der Waals surface area (Å²) in [6.45, 7) is 3.23. The second kappa shape index (κ2) is 9.95. The largest absolute Gasteiger partial charge is 0.497 e. The number of nitrogens with one attached hydrogen (secondary N) is 1. The van der Waals surface area contributed by atoms with Gasteiger partial charge in [-0.1, -0.05) is 13.0 Å². The van der Waals surface area contributed by atoms with Crippen molar-refractivity contribution in [3.8, 4) is 5.75 Å². The van der Waals surface area contributed by atoms with Crippen LogP contribution in [0.3, 0.4) is 0 Å². The Morgan fingerprint density at radius 1 is 1.53 bits per heavy atom. The fourth-order valence-electron chi connectivity index (χ4n) is 1.26. The van der Waals surface area contributed by atoms with Gasteiger partial charge >= 0.3 is 0 Å². The van der Waals surface area contributed by atoms with E-state index in [9.17, 15) is 4.79 Å². The van der Waals surface area contributed by atoms with E-state index in [0.29, 0.717) is 24.8 Å². The van der Waals surface area contributed by atoms with Gasteiger partial charge in [0.1, 0.15) is 5.75 Å². The molecule has 0 fully saturated rings. The van der Waals surface area contributed by atoms with Gasteiger partial charge in [0.25, 0.3) is 0 Å². The number of carbonyl (C=O) groups is 1. The molecule has 6 heteroatoms. The summed E-state index contributed by atoms with van der Waals surface area (Å²) >= 11 is 1.49. The maximum atomic E-state index is 11.6. The summed E-state index contributed by atoms with van der Waals surface area (Å²) in [6, 6.07) is 7.67. The van der Waals surface area contributed by atoms with Crippen LogP contribution in [0.15, 0.2) is 29.2 Å². The maximum absolute atomic E-state index is 11.6. The lowest BCUT2D eigenvalue weighted by molar-refractivity contribution is -0.118. The normalized spacial score (nSPS) is 11.3. The van der Waals surface area contributed by atoms with Crippen LogP contribution in [-0.2, 0) is 4.79 Å². The third-order valence-corrected chi connectivity index (χ3v) is 3.45. The van der Waals surface area contributed by atoms with E-state index >= 15 is 0 Å². The molecule has 0 aliphatic heterocycles. The molecule has 0 aromatic heterocycles. The predicted octanol–water partition coefficient (Wildman–Crippen LogP) is 1.92. The molecular weight excluding hydrogens is 284 g/mol. The first-order chi connectivity index (χ1) is 8.65. The van der Waals surface area contributed by atoms with Crippen molar-refractivity contribution in [3.63, 3.8) is 0 Å². The van der Waals surface area contributed by atoms with Gasteiger partial charge in [-0.15, -0.1) is 24.2 Å². The van der Waals surface area contributed by atoms with Crippen LogP contribution in [0.4, 0.5) is 0 Å². The number of halogens is 1. The summed E-state index contributed by atoms with van der Waals surface area (Å²) < 4.78 is 5.13. The van der Waals surface area contributed by atoms with Crippen LogP contribution in [0.1, 0.15) is 6.92 Å². The molecule has 0 saturated carbocycles. The van der Waals surface area contributed by atoms with Crippen molar-refractivity contribution in [1.82, 2.24) is 5.32 Å². The lowest BCUT2D eigenvalue weighted by atomic mass is 10.2. The lowest BCUT2D eigenvalue weighted by Gasteiger charge is -2.10. The molecule has 1 unspecified atom stereocenters. The number of ether oxygens (including phenoxy) is 1. The van der Waals surface area contributed by atoms with Gasteiger partial charge in [-0.05, 0) is 30.7 Å². The molecule has 4 nitrogen and oxygen atoms in total. The zero-order valence-corrected chi connectivity index (χ0v) is 12.9. The minimum atomic E-state index is 0. The summed E-state index contributed by atoms with van der Waals surface area (Å²) in [7, 11) is 1.63. The lowest BCUT2D eigenvalue weighted by Crippen LogP contribution is -2.32. The van der Waals surface area contributed by atoms with Crippen LogP contribution < -0.4 is 15.8 Å². The molecule has 3 N–H and O–H groups in total. The Kier molecular flexibility index (Phi) is 9.47. The summed E-state index contributed by atoms with van der Waals surface area (Å²) in [4.78, 5) is 12.6. The molecule has 1 aromatic carbocycles. The minimum Gasteiger partial charge on any atom is -0.497 e. The molecule has 0 saturated heterocycles. The van der Waals surface area contributed by atoms with Crippen molar-refractivity contribution >= 4 is 30.1 Å². The second-order valence-corrected chi connectivity index (χ2v) is 5.16. The monoisotopic (exact) mass is 304 g/mol. The summed E-state index contributed by atoms with van der Waals surface area (Å²) in [5.41, 5.74) is 5.48. The number of hydrogen-bond donors (Lipinski definition) is 2. The van der Waals surface area contributed by atoms with Crippen LogP contribution in [0.2, 0.25) is 0 Å². The third kappa shape index (κ3) is 7.30. The molecule has 0 aliphatic carbocycles. The van der Waals surface area contributed by atoms with Gasteiger partial charge in [0.05, 0.1) is 12.9 Å². The summed E-state index contributed by atoms with van der Waals surface area (Å²) in [5, 5.41) is 2.86. The summed E-state index contributed by atoms with van der Waals surface area (Å²) in [6.07, 6.45) is 0. The molecule has 0 spiro atoms. The highest BCUT2D eigenvalue weighted by Crippen LogP contribution is 2.22. The summed E-state index contributed by atoms with van der Waals surface area (Å²) in [5.74, 6) is 1.56. The second-order valence-electron chi connectivity index (χ2n) is 4.11. The molecule has 1 amide bonds. The number of benzene rings is 1. The third-order valence-electron chi connectivity index (χ3n) is 2.46. The molecule has 0 radical (unpaired) electrons. The van der Waals surface area contributed by atoms with Crippen LogP contribution in [-0.4, -0.2) is 31.9 Å². The Hall–Kier alpha value is -0.910. The van der Waals surface area contributed by atoms with Crippen molar-refractivity contribution in [2.45, 2.75) is 11.8 Å². The van der Waals surface area contributed by atoms with Crippen LogP contribution in [0, 0.1) is 5.92 Å². The molecule has 0 aliphatic rings.